The lowest BCUT2D eigenvalue weighted by molar-refractivity contribution is 0.726. The van der Waals surface area contributed by atoms with Crippen molar-refractivity contribution in [1.82, 2.24) is 5.32 Å². The van der Waals surface area contributed by atoms with Gasteiger partial charge in [0.2, 0.25) is 0 Å². The van der Waals surface area contributed by atoms with E-state index >= 15 is 0 Å². The van der Waals surface area contributed by atoms with E-state index in [4.69, 9.17) is 5.73 Å². The maximum atomic E-state index is 5.29. The van der Waals surface area contributed by atoms with Crippen LogP contribution in [0.15, 0.2) is 12.2 Å². The topological polar surface area (TPSA) is 38.0 Å². The van der Waals surface area contributed by atoms with Gasteiger partial charge in [-0.25, -0.2) is 0 Å². The zero-order valence-electron chi connectivity index (χ0n) is 5.64. The lowest BCUT2D eigenvalue weighted by atomic mass is 10.2. The second-order valence-corrected chi connectivity index (χ2v) is 2.37. The van der Waals surface area contributed by atoms with Crippen LogP contribution in [0.1, 0.15) is 12.8 Å². The second kappa shape index (κ2) is 3.64. The van der Waals surface area contributed by atoms with Gasteiger partial charge in [-0.05, 0) is 19.4 Å². The van der Waals surface area contributed by atoms with Crippen molar-refractivity contribution in [2.24, 2.45) is 5.73 Å². The molecule has 2 heteroatoms. The first-order valence-electron chi connectivity index (χ1n) is 3.53. The minimum Gasteiger partial charge on any atom is -0.327 e. The van der Waals surface area contributed by atoms with Crippen molar-refractivity contribution < 1.29 is 0 Å². The van der Waals surface area contributed by atoms with Gasteiger partial charge < -0.3 is 11.1 Å². The van der Waals surface area contributed by atoms with Crippen molar-refractivity contribution in [3.05, 3.63) is 12.2 Å². The molecule has 2 nitrogen and oxygen atoms in total. The molecule has 3 N–H and O–H groups in total. The van der Waals surface area contributed by atoms with Crippen molar-refractivity contribution >= 4 is 0 Å². The van der Waals surface area contributed by atoms with E-state index in [-0.39, 0.29) is 0 Å². The second-order valence-electron chi connectivity index (χ2n) is 2.37. The van der Waals surface area contributed by atoms with Crippen molar-refractivity contribution in [3.63, 3.8) is 0 Å². The summed E-state index contributed by atoms with van der Waals surface area (Å²) in [5.41, 5.74) is 5.29. The Morgan fingerprint density at radius 3 is 3.11 bits per heavy atom. The van der Waals surface area contributed by atoms with E-state index in [0.29, 0.717) is 12.6 Å². The van der Waals surface area contributed by atoms with Gasteiger partial charge in [-0.3, -0.25) is 0 Å². The molecule has 1 aliphatic heterocycles. The quantitative estimate of drug-likeness (QED) is 0.521. The minimum atomic E-state index is 0.605. The molecular weight excluding hydrogens is 112 g/mol. The lowest BCUT2D eigenvalue weighted by Crippen LogP contribution is -2.18. The van der Waals surface area contributed by atoms with E-state index in [9.17, 15) is 0 Å². The maximum absolute atomic E-state index is 5.29. The Kier molecular flexibility index (Phi) is 2.74. The van der Waals surface area contributed by atoms with E-state index < -0.39 is 0 Å². The standard InChI is InChI=1S/C7H14N2/c8-5-1-3-7-4-2-6-9-7/h1,3,7,9H,2,4-6,8H2/b3-1-. The molecule has 1 heterocycles. The summed E-state index contributed by atoms with van der Waals surface area (Å²) < 4.78 is 0. The highest BCUT2D eigenvalue weighted by atomic mass is 14.9. The molecule has 0 aromatic heterocycles. The highest BCUT2D eigenvalue weighted by Gasteiger charge is 2.08. The van der Waals surface area contributed by atoms with Crippen molar-refractivity contribution in [2.75, 3.05) is 13.1 Å². The Labute approximate surface area is 56.1 Å². The van der Waals surface area contributed by atoms with Gasteiger partial charge in [-0.15, -0.1) is 0 Å². The molecule has 1 unspecified atom stereocenters. The van der Waals surface area contributed by atoms with E-state index in [1.807, 2.05) is 6.08 Å². The molecule has 1 aliphatic rings. The first kappa shape index (κ1) is 6.78. The van der Waals surface area contributed by atoms with Gasteiger partial charge in [0.15, 0.2) is 0 Å². The minimum absolute atomic E-state index is 0.605. The highest BCUT2D eigenvalue weighted by Crippen LogP contribution is 2.04. The number of nitrogens with two attached hydrogens (primary N) is 1. The third kappa shape index (κ3) is 2.16. The molecule has 0 saturated carbocycles. The number of nitrogens with one attached hydrogen (secondary N) is 1. The van der Waals surface area contributed by atoms with Crippen LogP contribution in [0.25, 0.3) is 0 Å². The molecule has 1 rings (SSSR count). The number of rotatable bonds is 2. The van der Waals surface area contributed by atoms with E-state index in [2.05, 4.69) is 11.4 Å². The summed E-state index contributed by atoms with van der Waals surface area (Å²) >= 11 is 0. The predicted octanol–water partition coefficient (Wildman–Crippen LogP) is 0.253. The molecule has 1 atom stereocenters. The Bertz CT molecular complexity index is 93.1. The zero-order chi connectivity index (χ0) is 6.53. The fourth-order valence-corrected chi connectivity index (χ4v) is 1.12. The Morgan fingerprint density at radius 1 is 1.67 bits per heavy atom. The van der Waals surface area contributed by atoms with Crippen LogP contribution in [0, 0.1) is 0 Å². The zero-order valence-corrected chi connectivity index (χ0v) is 5.64. The maximum Gasteiger partial charge on any atom is 0.0250 e. The molecule has 1 fully saturated rings. The lowest BCUT2D eigenvalue weighted by Gasteiger charge is -2.00. The van der Waals surface area contributed by atoms with Gasteiger partial charge in [0, 0.05) is 12.6 Å². The van der Waals surface area contributed by atoms with Crippen LogP contribution in [0.4, 0.5) is 0 Å². The molecule has 1 saturated heterocycles. The van der Waals surface area contributed by atoms with Gasteiger partial charge in [0.1, 0.15) is 0 Å². The Morgan fingerprint density at radius 2 is 2.56 bits per heavy atom. The smallest absolute Gasteiger partial charge is 0.0250 e. The molecule has 0 spiro atoms. The summed E-state index contributed by atoms with van der Waals surface area (Å²) in [4.78, 5) is 0. The monoisotopic (exact) mass is 126 g/mol. The van der Waals surface area contributed by atoms with Crippen LogP contribution in [-0.2, 0) is 0 Å². The summed E-state index contributed by atoms with van der Waals surface area (Å²) in [6.45, 7) is 1.83. The first-order chi connectivity index (χ1) is 4.43. The van der Waals surface area contributed by atoms with Crippen LogP contribution in [-0.4, -0.2) is 19.1 Å². The molecule has 9 heavy (non-hydrogen) atoms. The van der Waals surface area contributed by atoms with Crippen LogP contribution >= 0.6 is 0 Å². The van der Waals surface area contributed by atoms with Crippen LogP contribution in [0.3, 0.4) is 0 Å². The molecule has 0 aromatic carbocycles. The van der Waals surface area contributed by atoms with Crippen molar-refractivity contribution in [2.45, 2.75) is 18.9 Å². The molecule has 0 bridgehead atoms. The van der Waals surface area contributed by atoms with Crippen LogP contribution < -0.4 is 11.1 Å². The summed E-state index contributed by atoms with van der Waals surface area (Å²) in [5.74, 6) is 0. The summed E-state index contributed by atoms with van der Waals surface area (Å²) in [6, 6.07) is 0.605. The summed E-state index contributed by atoms with van der Waals surface area (Å²) in [6.07, 6.45) is 6.76. The normalized spacial score (nSPS) is 27.9. The van der Waals surface area contributed by atoms with E-state index in [1.165, 1.54) is 19.4 Å². The molecule has 0 aromatic rings. The van der Waals surface area contributed by atoms with Crippen molar-refractivity contribution in [1.29, 1.82) is 0 Å². The molecule has 0 aliphatic carbocycles. The predicted molar refractivity (Wildman–Crippen MR) is 39.2 cm³/mol. The van der Waals surface area contributed by atoms with Gasteiger partial charge in [-0.2, -0.15) is 0 Å². The summed E-state index contributed by atoms with van der Waals surface area (Å²) in [7, 11) is 0. The number of hydrogen-bond donors (Lipinski definition) is 2. The third-order valence-electron chi connectivity index (χ3n) is 1.60. The molecule has 0 radical (unpaired) electrons. The first-order valence-corrected chi connectivity index (χ1v) is 3.53. The average molecular weight is 126 g/mol. The average Bonchev–Trinajstić information content (AvgIpc) is 2.34. The van der Waals surface area contributed by atoms with Gasteiger partial charge in [-0.1, -0.05) is 12.2 Å². The van der Waals surface area contributed by atoms with E-state index in [0.717, 1.165) is 0 Å². The summed E-state index contributed by atoms with van der Waals surface area (Å²) in [5, 5.41) is 3.35. The van der Waals surface area contributed by atoms with E-state index in [1.54, 1.807) is 0 Å². The SMILES string of the molecule is NC/C=C\C1CCCN1. The van der Waals surface area contributed by atoms with Crippen LogP contribution in [0.2, 0.25) is 0 Å². The van der Waals surface area contributed by atoms with Gasteiger partial charge in [0.25, 0.3) is 0 Å². The Hall–Kier alpha value is -0.340. The van der Waals surface area contributed by atoms with Crippen LogP contribution in [0.5, 0.6) is 0 Å². The Balaban J connectivity index is 2.18. The fourth-order valence-electron chi connectivity index (χ4n) is 1.12. The molecule has 0 amide bonds. The van der Waals surface area contributed by atoms with Gasteiger partial charge >= 0.3 is 0 Å². The molecule has 52 valence electrons. The largest absolute Gasteiger partial charge is 0.327 e. The van der Waals surface area contributed by atoms with Crippen molar-refractivity contribution in [3.8, 4) is 0 Å². The number of hydrogen-bond acceptors (Lipinski definition) is 2. The fraction of sp³-hybridized carbons (Fsp3) is 0.714. The molecular formula is C7H14N2. The van der Waals surface area contributed by atoms with Gasteiger partial charge in [0.05, 0.1) is 0 Å². The highest BCUT2D eigenvalue weighted by molar-refractivity contribution is 4.96. The third-order valence-corrected chi connectivity index (χ3v) is 1.60.